The number of nitrogens with zero attached hydrogens (tertiary/aromatic N) is 2. The van der Waals surface area contributed by atoms with Gasteiger partial charge < -0.3 is 10.1 Å². The van der Waals surface area contributed by atoms with E-state index in [1.807, 2.05) is 0 Å². The lowest BCUT2D eigenvalue weighted by Crippen LogP contribution is -2.62. The highest BCUT2D eigenvalue weighted by molar-refractivity contribution is 4.93. The van der Waals surface area contributed by atoms with Crippen LogP contribution < -0.4 is 5.32 Å². The highest BCUT2D eigenvalue weighted by Gasteiger charge is 2.37. The van der Waals surface area contributed by atoms with E-state index in [1.54, 1.807) is 0 Å². The summed E-state index contributed by atoms with van der Waals surface area (Å²) in [6, 6.07) is 1.63. The molecule has 3 rings (SSSR count). The summed E-state index contributed by atoms with van der Waals surface area (Å²) in [6.45, 7) is 11.5. The third kappa shape index (κ3) is 2.72. The molecule has 0 aromatic rings. The van der Waals surface area contributed by atoms with Crippen molar-refractivity contribution >= 4 is 0 Å². The molecule has 0 amide bonds. The van der Waals surface area contributed by atoms with Crippen LogP contribution in [0.25, 0.3) is 0 Å². The van der Waals surface area contributed by atoms with Crippen molar-refractivity contribution < 1.29 is 4.74 Å². The van der Waals surface area contributed by atoms with Crippen molar-refractivity contribution in [3.05, 3.63) is 0 Å². The molecule has 0 saturated carbocycles. The Morgan fingerprint density at radius 1 is 1.22 bits per heavy atom. The molecule has 0 spiro atoms. The first-order valence-electron chi connectivity index (χ1n) is 7.56. The van der Waals surface area contributed by atoms with Crippen LogP contribution >= 0.6 is 0 Å². The number of likely N-dealkylation sites (tertiary alicyclic amines) is 2. The third-order valence-electron chi connectivity index (χ3n) is 4.70. The fourth-order valence-electron chi connectivity index (χ4n) is 3.67. The molecule has 4 nitrogen and oxygen atoms in total. The van der Waals surface area contributed by atoms with Crippen LogP contribution in [-0.2, 0) is 4.74 Å². The molecule has 3 heterocycles. The predicted molar refractivity (Wildman–Crippen MR) is 72.8 cm³/mol. The van der Waals surface area contributed by atoms with Crippen LogP contribution in [0.15, 0.2) is 0 Å². The average molecular weight is 253 g/mol. The van der Waals surface area contributed by atoms with Crippen LogP contribution in [0.5, 0.6) is 0 Å². The number of nitrogens with one attached hydrogen (secondary N) is 1. The van der Waals surface area contributed by atoms with Gasteiger partial charge in [-0.25, -0.2) is 0 Å². The first-order valence-corrected chi connectivity index (χ1v) is 7.56. The molecule has 1 N–H and O–H groups in total. The van der Waals surface area contributed by atoms with E-state index in [0.717, 1.165) is 31.7 Å². The second-order valence-electron chi connectivity index (χ2n) is 6.33. The number of ether oxygens (including phenoxy) is 1. The van der Waals surface area contributed by atoms with E-state index in [0.29, 0.717) is 12.2 Å². The first kappa shape index (κ1) is 12.9. The molecular weight excluding hydrogens is 226 g/mol. The molecule has 0 aromatic heterocycles. The monoisotopic (exact) mass is 253 g/mol. The Labute approximate surface area is 111 Å². The molecule has 104 valence electrons. The number of rotatable bonds is 3. The Balaban J connectivity index is 1.39. The zero-order valence-electron chi connectivity index (χ0n) is 11.8. The number of morpholine rings is 1. The smallest absolute Gasteiger partial charge is 0.0830 e. The summed E-state index contributed by atoms with van der Waals surface area (Å²) >= 11 is 0. The normalized spacial score (nSPS) is 40.0. The summed E-state index contributed by atoms with van der Waals surface area (Å²) in [5.74, 6) is 0. The van der Waals surface area contributed by atoms with E-state index in [4.69, 9.17) is 4.74 Å². The van der Waals surface area contributed by atoms with Crippen LogP contribution in [0.3, 0.4) is 0 Å². The molecule has 4 heteroatoms. The third-order valence-corrected chi connectivity index (χ3v) is 4.70. The lowest BCUT2D eigenvalue weighted by atomic mass is 10.1. The maximum absolute atomic E-state index is 5.96. The summed E-state index contributed by atoms with van der Waals surface area (Å²) < 4.78 is 5.96. The van der Waals surface area contributed by atoms with Crippen molar-refractivity contribution in [1.29, 1.82) is 0 Å². The Morgan fingerprint density at radius 3 is 2.72 bits per heavy atom. The molecule has 0 radical (unpaired) electrons. The molecule has 0 aromatic carbocycles. The standard InChI is InChI=1S/C14H27N3O/c1-11-4-3-5-17(11)13-8-16(9-13)10-14-7-15-6-12(2)18-14/h11-15H,3-10H2,1-2H3/t11-,12+,14-/m0/s1. The molecule has 3 fully saturated rings. The van der Waals surface area contributed by atoms with E-state index < -0.39 is 0 Å². The van der Waals surface area contributed by atoms with Crippen molar-refractivity contribution in [2.45, 2.75) is 51.0 Å². The average Bonchev–Trinajstić information content (AvgIpc) is 2.69. The zero-order valence-corrected chi connectivity index (χ0v) is 11.8. The molecular formula is C14H27N3O. The minimum absolute atomic E-state index is 0.374. The van der Waals surface area contributed by atoms with Gasteiger partial charge in [0.15, 0.2) is 0 Å². The second-order valence-corrected chi connectivity index (χ2v) is 6.33. The predicted octanol–water partition coefficient (Wildman–Crippen LogP) is 0.532. The molecule has 3 atom stereocenters. The highest BCUT2D eigenvalue weighted by Crippen LogP contribution is 2.25. The summed E-state index contributed by atoms with van der Waals surface area (Å²) in [4.78, 5) is 5.26. The van der Waals surface area contributed by atoms with Crippen LogP contribution in [0.1, 0.15) is 26.7 Å². The largest absolute Gasteiger partial charge is 0.371 e. The van der Waals surface area contributed by atoms with Gasteiger partial charge in [0.1, 0.15) is 0 Å². The van der Waals surface area contributed by atoms with E-state index in [9.17, 15) is 0 Å². The van der Waals surface area contributed by atoms with Crippen LogP contribution in [0, 0.1) is 0 Å². The van der Waals surface area contributed by atoms with Crippen LogP contribution in [-0.4, -0.2) is 73.4 Å². The molecule has 3 aliphatic heterocycles. The van der Waals surface area contributed by atoms with E-state index in [-0.39, 0.29) is 0 Å². The van der Waals surface area contributed by atoms with Crippen LogP contribution in [0.2, 0.25) is 0 Å². The summed E-state index contributed by atoms with van der Waals surface area (Å²) in [7, 11) is 0. The van der Waals surface area contributed by atoms with Crippen molar-refractivity contribution in [3.63, 3.8) is 0 Å². The zero-order chi connectivity index (χ0) is 12.5. The maximum Gasteiger partial charge on any atom is 0.0830 e. The lowest BCUT2D eigenvalue weighted by molar-refractivity contribution is -0.0653. The SMILES string of the molecule is C[C@@H]1CNC[C@@H](CN2CC(N3CCC[C@@H]3C)C2)O1. The first-order chi connectivity index (χ1) is 8.72. The molecule has 0 bridgehead atoms. The van der Waals surface area contributed by atoms with Gasteiger partial charge in [-0.2, -0.15) is 0 Å². The fraction of sp³-hybridized carbons (Fsp3) is 1.00. The van der Waals surface area contributed by atoms with Gasteiger partial charge in [-0.1, -0.05) is 0 Å². The molecule has 18 heavy (non-hydrogen) atoms. The van der Waals surface area contributed by atoms with Gasteiger partial charge in [-0.3, -0.25) is 9.80 Å². The summed E-state index contributed by atoms with van der Waals surface area (Å²) in [6.07, 6.45) is 3.55. The molecule has 3 aliphatic rings. The minimum atomic E-state index is 0.374. The van der Waals surface area contributed by atoms with Crippen molar-refractivity contribution in [2.24, 2.45) is 0 Å². The van der Waals surface area contributed by atoms with Crippen molar-refractivity contribution in [1.82, 2.24) is 15.1 Å². The minimum Gasteiger partial charge on any atom is -0.371 e. The van der Waals surface area contributed by atoms with Gasteiger partial charge >= 0.3 is 0 Å². The number of hydrogen-bond acceptors (Lipinski definition) is 4. The van der Waals surface area contributed by atoms with Gasteiger partial charge in [-0.15, -0.1) is 0 Å². The van der Waals surface area contributed by atoms with Crippen molar-refractivity contribution in [3.8, 4) is 0 Å². The molecule has 0 unspecified atom stereocenters. The van der Waals surface area contributed by atoms with Gasteiger partial charge in [0.05, 0.1) is 12.2 Å². The quantitative estimate of drug-likeness (QED) is 0.794. The van der Waals surface area contributed by atoms with Crippen molar-refractivity contribution in [2.75, 3.05) is 39.3 Å². The fourth-order valence-corrected chi connectivity index (χ4v) is 3.67. The maximum atomic E-state index is 5.96. The Kier molecular flexibility index (Phi) is 3.89. The van der Waals surface area contributed by atoms with Gasteiger partial charge in [0.2, 0.25) is 0 Å². The Bertz CT molecular complexity index is 280. The van der Waals surface area contributed by atoms with E-state index in [1.165, 1.54) is 32.5 Å². The van der Waals surface area contributed by atoms with Gasteiger partial charge in [-0.05, 0) is 33.2 Å². The van der Waals surface area contributed by atoms with Gasteiger partial charge in [0.25, 0.3) is 0 Å². The molecule has 0 aliphatic carbocycles. The van der Waals surface area contributed by atoms with Gasteiger partial charge in [0, 0.05) is 44.8 Å². The number of hydrogen-bond donors (Lipinski definition) is 1. The second kappa shape index (κ2) is 5.45. The lowest BCUT2D eigenvalue weighted by Gasteiger charge is -2.47. The summed E-state index contributed by atoms with van der Waals surface area (Å²) in [5.41, 5.74) is 0. The van der Waals surface area contributed by atoms with E-state index in [2.05, 4.69) is 29.0 Å². The highest BCUT2D eigenvalue weighted by atomic mass is 16.5. The summed E-state index contributed by atoms with van der Waals surface area (Å²) in [5, 5.41) is 3.45. The Hall–Kier alpha value is -0.160. The van der Waals surface area contributed by atoms with Crippen LogP contribution in [0.4, 0.5) is 0 Å². The molecule has 3 saturated heterocycles. The van der Waals surface area contributed by atoms with E-state index >= 15 is 0 Å². The topological polar surface area (TPSA) is 27.7 Å². The Morgan fingerprint density at radius 2 is 2.06 bits per heavy atom.